The fourth-order valence-electron chi connectivity index (χ4n) is 1.61. The minimum atomic E-state index is -0.836. The molecule has 7 heteroatoms. The first-order valence-electron chi connectivity index (χ1n) is 5.33. The lowest BCUT2D eigenvalue weighted by Crippen LogP contribution is -2.52. The van der Waals surface area contributed by atoms with Crippen molar-refractivity contribution in [3.63, 3.8) is 0 Å². The maximum Gasteiger partial charge on any atom is 0.273 e. The van der Waals surface area contributed by atoms with Crippen molar-refractivity contribution in [1.29, 1.82) is 0 Å². The van der Waals surface area contributed by atoms with Crippen LogP contribution in [0.2, 0.25) is 0 Å². The van der Waals surface area contributed by atoms with Gasteiger partial charge in [0.2, 0.25) is 11.8 Å². The minimum absolute atomic E-state index is 0.140. The molecule has 1 aliphatic rings. The summed E-state index contributed by atoms with van der Waals surface area (Å²) in [5, 5.41) is 4.43. The van der Waals surface area contributed by atoms with Crippen molar-refractivity contribution < 1.29 is 18.8 Å². The Morgan fingerprint density at radius 3 is 2.94 bits per heavy atom. The Morgan fingerprint density at radius 1 is 1.50 bits per heavy atom. The molecule has 6 nitrogen and oxygen atoms in total. The Bertz CT molecular complexity index is 518. The molecular formula is C11H10FN3O3. The van der Waals surface area contributed by atoms with Crippen molar-refractivity contribution in [2.45, 2.75) is 18.9 Å². The SMILES string of the molecule is O=C1CCC(NC(=O)c2ncccc2F)C(=O)N1. The number of carbonyl (C=O) groups is 3. The Labute approximate surface area is 102 Å². The largest absolute Gasteiger partial charge is 0.339 e. The molecule has 2 heterocycles. The van der Waals surface area contributed by atoms with Gasteiger partial charge >= 0.3 is 0 Å². The molecule has 1 unspecified atom stereocenters. The molecule has 1 atom stereocenters. The van der Waals surface area contributed by atoms with E-state index in [9.17, 15) is 18.8 Å². The van der Waals surface area contributed by atoms with Crippen LogP contribution < -0.4 is 10.6 Å². The van der Waals surface area contributed by atoms with Gasteiger partial charge in [-0.15, -0.1) is 0 Å². The molecule has 94 valence electrons. The molecule has 0 radical (unpaired) electrons. The summed E-state index contributed by atoms with van der Waals surface area (Å²) >= 11 is 0. The zero-order valence-electron chi connectivity index (χ0n) is 9.27. The molecule has 1 fully saturated rings. The first-order chi connectivity index (χ1) is 8.58. The number of aromatic nitrogens is 1. The predicted octanol–water partition coefficient (Wildman–Crippen LogP) is -0.244. The Hall–Kier alpha value is -2.31. The Balaban J connectivity index is 2.06. The molecule has 1 saturated heterocycles. The molecule has 1 aromatic heterocycles. The van der Waals surface area contributed by atoms with Crippen LogP contribution in [-0.4, -0.2) is 28.7 Å². The molecule has 1 aliphatic heterocycles. The van der Waals surface area contributed by atoms with Crippen LogP contribution in [0.5, 0.6) is 0 Å². The van der Waals surface area contributed by atoms with Crippen LogP contribution in [0.15, 0.2) is 18.3 Å². The van der Waals surface area contributed by atoms with Gasteiger partial charge in [0.25, 0.3) is 5.91 Å². The molecule has 0 aromatic carbocycles. The monoisotopic (exact) mass is 251 g/mol. The second-order valence-electron chi connectivity index (χ2n) is 3.81. The summed E-state index contributed by atoms with van der Waals surface area (Å²) in [5.41, 5.74) is -0.373. The van der Waals surface area contributed by atoms with Gasteiger partial charge in [0, 0.05) is 12.6 Å². The number of amides is 3. The smallest absolute Gasteiger partial charge is 0.273 e. The van der Waals surface area contributed by atoms with E-state index in [1.54, 1.807) is 0 Å². The van der Waals surface area contributed by atoms with E-state index in [0.717, 1.165) is 6.07 Å². The van der Waals surface area contributed by atoms with E-state index in [1.165, 1.54) is 12.3 Å². The summed E-state index contributed by atoms with van der Waals surface area (Å²) in [5.74, 6) is -2.50. The minimum Gasteiger partial charge on any atom is -0.339 e. The molecule has 0 saturated carbocycles. The van der Waals surface area contributed by atoms with Crippen molar-refractivity contribution in [3.8, 4) is 0 Å². The molecule has 18 heavy (non-hydrogen) atoms. The van der Waals surface area contributed by atoms with Crippen molar-refractivity contribution in [3.05, 3.63) is 29.8 Å². The van der Waals surface area contributed by atoms with E-state index in [-0.39, 0.29) is 24.4 Å². The average molecular weight is 251 g/mol. The van der Waals surface area contributed by atoms with E-state index >= 15 is 0 Å². The highest BCUT2D eigenvalue weighted by Gasteiger charge is 2.28. The molecule has 1 aromatic rings. The predicted molar refractivity (Wildman–Crippen MR) is 57.8 cm³/mol. The fourth-order valence-corrected chi connectivity index (χ4v) is 1.61. The van der Waals surface area contributed by atoms with Gasteiger partial charge in [-0.1, -0.05) is 0 Å². The molecule has 2 N–H and O–H groups in total. The lowest BCUT2D eigenvalue weighted by atomic mass is 10.1. The lowest BCUT2D eigenvalue weighted by molar-refractivity contribution is -0.134. The van der Waals surface area contributed by atoms with Gasteiger partial charge in [-0.2, -0.15) is 0 Å². The van der Waals surface area contributed by atoms with Crippen LogP contribution in [0.3, 0.4) is 0 Å². The van der Waals surface area contributed by atoms with Gasteiger partial charge in [-0.05, 0) is 18.6 Å². The van der Waals surface area contributed by atoms with Crippen LogP contribution in [0.1, 0.15) is 23.3 Å². The molecule has 0 spiro atoms. The highest BCUT2D eigenvalue weighted by molar-refractivity contribution is 6.03. The fraction of sp³-hybridized carbons (Fsp3) is 0.273. The van der Waals surface area contributed by atoms with Crippen molar-refractivity contribution in [1.82, 2.24) is 15.6 Å². The quantitative estimate of drug-likeness (QED) is 0.710. The molecule has 3 amide bonds. The van der Waals surface area contributed by atoms with Crippen LogP contribution in [0.25, 0.3) is 0 Å². The second-order valence-corrected chi connectivity index (χ2v) is 3.81. The van der Waals surface area contributed by atoms with Crippen LogP contribution in [-0.2, 0) is 9.59 Å². The number of nitrogens with zero attached hydrogens (tertiary/aromatic N) is 1. The van der Waals surface area contributed by atoms with Crippen LogP contribution >= 0.6 is 0 Å². The topological polar surface area (TPSA) is 88.2 Å². The van der Waals surface area contributed by atoms with Gasteiger partial charge in [-0.25, -0.2) is 9.37 Å². The van der Waals surface area contributed by atoms with Crippen LogP contribution in [0, 0.1) is 5.82 Å². The lowest BCUT2D eigenvalue weighted by Gasteiger charge is -2.21. The van der Waals surface area contributed by atoms with Gasteiger partial charge in [0.05, 0.1) is 0 Å². The number of piperidine rings is 1. The van der Waals surface area contributed by atoms with E-state index in [1.807, 2.05) is 0 Å². The third kappa shape index (κ3) is 2.50. The summed E-state index contributed by atoms with van der Waals surface area (Å²) in [6.45, 7) is 0. The molecule has 2 rings (SSSR count). The van der Waals surface area contributed by atoms with E-state index < -0.39 is 23.7 Å². The summed E-state index contributed by atoms with van der Waals surface area (Å²) in [7, 11) is 0. The third-order valence-corrected chi connectivity index (χ3v) is 2.52. The number of nitrogens with one attached hydrogen (secondary N) is 2. The zero-order chi connectivity index (χ0) is 13.1. The number of halogens is 1. The summed E-state index contributed by atoms with van der Waals surface area (Å²) < 4.78 is 13.3. The number of imide groups is 1. The first-order valence-corrected chi connectivity index (χ1v) is 5.33. The average Bonchev–Trinajstić information content (AvgIpc) is 2.33. The van der Waals surface area contributed by atoms with Gasteiger partial charge < -0.3 is 5.32 Å². The number of rotatable bonds is 2. The normalized spacial score (nSPS) is 19.3. The van der Waals surface area contributed by atoms with E-state index in [4.69, 9.17) is 0 Å². The van der Waals surface area contributed by atoms with Gasteiger partial charge in [0.1, 0.15) is 6.04 Å². The molecule has 0 aliphatic carbocycles. The second kappa shape index (κ2) is 4.91. The molecule has 0 bridgehead atoms. The highest BCUT2D eigenvalue weighted by Crippen LogP contribution is 2.07. The van der Waals surface area contributed by atoms with Gasteiger partial charge in [-0.3, -0.25) is 19.7 Å². The number of pyridine rings is 1. The zero-order valence-corrected chi connectivity index (χ0v) is 9.27. The molecular weight excluding hydrogens is 241 g/mol. The Kier molecular flexibility index (Phi) is 3.31. The maximum absolute atomic E-state index is 13.3. The highest BCUT2D eigenvalue weighted by atomic mass is 19.1. The number of carbonyl (C=O) groups excluding carboxylic acids is 3. The first kappa shape index (κ1) is 12.2. The van der Waals surface area contributed by atoms with Gasteiger partial charge in [0.15, 0.2) is 11.5 Å². The van der Waals surface area contributed by atoms with E-state index in [0.29, 0.717) is 0 Å². The van der Waals surface area contributed by atoms with Crippen molar-refractivity contribution in [2.24, 2.45) is 0 Å². The Morgan fingerprint density at radius 2 is 2.28 bits per heavy atom. The number of hydrogen-bond donors (Lipinski definition) is 2. The van der Waals surface area contributed by atoms with Crippen molar-refractivity contribution in [2.75, 3.05) is 0 Å². The van der Waals surface area contributed by atoms with E-state index in [2.05, 4.69) is 15.6 Å². The third-order valence-electron chi connectivity index (χ3n) is 2.52. The van der Waals surface area contributed by atoms with Crippen LogP contribution in [0.4, 0.5) is 4.39 Å². The summed E-state index contributed by atoms with van der Waals surface area (Å²) in [4.78, 5) is 37.6. The number of hydrogen-bond acceptors (Lipinski definition) is 4. The van der Waals surface area contributed by atoms with Crippen molar-refractivity contribution >= 4 is 17.7 Å². The summed E-state index contributed by atoms with van der Waals surface area (Å²) in [6, 6.07) is 1.63. The maximum atomic E-state index is 13.3. The summed E-state index contributed by atoms with van der Waals surface area (Å²) in [6.07, 6.45) is 1.62. The standard InChI is InChI=1S/C11H10FN3O3/c12-6-2-1-5-13-9(6)11(18)14-7-3-4-8(16)15-10(7)17/h1-2,5,7H,3-4H2,(H,14,18)(H,15,16,17).